The molecule has 0 spiro atoms. The van der Waals surface area contributed by atoms with Crippen LogP contribution in [-0.4, -0.2) is 18.7 Å². The summed E-state index contributed by atoms with van der Waals surface area (Å²) in [6, 6.07) is 0. The predicted octanol–water partition coefficient (Wildman–Crippen LogP) is 0.705. The Bertz CT molecular complexity index is 196. The molecule has 0 saturated heterocycles. The van der Waals surface area contributed by atoms with E-state index in [2.05, 4.69) is 13.2 Å². The second-order valence-corrected chi connectivity index (χ2v) is 2.05. The topological polar surface area (TPSA) is 29.5 Å². The summed E-state index contributed by atoms with van der Waals surface area (Å²) in [5.41, 5.74) is 1.65. The average molecular weight is 136 g/mol. The Morgan fingerprint density at radius 2 is 2.20 bits per heavy atom. The Balaban J connectivity index is 2.91. The standard InChI is InChI=1S/C7H9BO2/c1-3-6-5-10-8(9)7(6)4-2/h3-4,9H,1-2,5H2. The van der Waals surface area contributed by atoms with E-state index in [-0.39, 0.29) is 0 Å². The summed E-state index contributed by atoms with van der Waals surface area (Å²) in [7, 11) is -0.800. The van der Waals surface area contributed by atoms with Gasteiger partial charge in [0.05, 0.1) is 6.61 Å². The van der Waals surface area contributed by atoms with Crippen LogP contribution in [0.25, 0.3) is 0 Å². The van der Waals surface area contributed by atoms with Gasteiger partial charge in [-0.1, -0.05) is 25.3 Å². The lowest BCUT2D eigenvalue weighted by molar-refractivity contribution is 0.311. The van der Waals surface area contributed by atoms with E-state index in [1.807, 2.05) is 0 Å². The number of allylic oxidation sites excluding steroid dienone is 2. The van der Waals surface area contributed by atoms with Crippen LogP contribution in [0.5, 0.6) is 0 Å². The van der Waals surface area contributed by atoms with Crippen molar-refractivity contribution in [3.63, 3.8) is 0 Å². The second-order valence-electron chi connectivity index (χ2n) is 2.05. The van der Waals surface area contributed by atoms with Gasteiger partial charge in [-0.15, -0.1) is 0 Å². The van der Waals surface area contributed by atoms with Crippen molar-refractivity contribution in [1.82, 2.24) is 0 Å². The molecule has 0 aliphatic carbocycles. The van der Waals surface area contributed by atoms with Gasteiger partial charge in [-0.2, -0.15) is 0 Å². The average Bonchev–Trinajstić information content (AvgIpc) is 2.30. The molecule has 1 heterocycles. The van der Waals surface area contributed by atoms with Crippen molar-refractivity contribution in [2.45, 2.75) is 0 Å². The first kappa shape index (κ1) is 7.31. The maximum absolute atomic E-state index is 9.09. The molecular weight excluding hydrogens is 127 g/mol. The lowest BCUT2D eigenvalue weighted by Crippen LogP contribution is -2.13. The smallest absolute Gasteiger partial charge is 0.423 e. The normalized spacial score (nSPS) is 17.9. The minimum absolute atomic E-state index is 0.437. The lowest BCUT2D eigenvalue weighted by atomic mass is 9.78. The third-order valence-electron chi connectivity index (χ3n) is 1.50. The molecule has 2 nitrogen and oxygen atoms in total. The van der Waals surface area contributed by atoms with E-state index in [4.69, 9.17) is 9.68 Å². The van der Waals surface area contributed by atoms with Gasteiger partial charge in [0.25, 0.3) is 0 Å². The van der Waals surface area contributed by atoms with E-state index >= 15 is 0 Å². The van der Waals surface area contributed by atoms with E-state index in [1.165, 1.54) is 0 Å². The first-order valence-corrected chi connectivity index (χ1v) is 3.07. The molecule has 0 amide bonds. The van der Waals surface area contributed by atoms with Crippen molar-refractivity contribution >= 4 is 7.12 Å². The highest BCUT2D eigenvalue weighted by Gasteiger charge is 2.26. The van der Waals surface area contributed by atoms with Crippen LogP contribution in [0, 0.1) is 0 Å². The van der Waals surface area contributed by atoms with E-state index in [0.717, 1.165) is 11.0 Å². The van der Waals surface area contributed by atoms with Gasteiger partial charge in [-0.3, -0.25) is 0 Å². The van der Waals surface area contributed by atoms with Gasteiger partial charge in [0, 0.05) is 0 Å². The number of hydrogen-bond donors (Lipinski definition) is 1. The maximum Gasteiger partial charge on any atom is 0.491 e. The molecule has 3 heteroatoms. The lowest BCUT2D eigenvalue weighted by Gasteiger charge is -1.93. The number of hydrogen-bond acceptors (Lipinski definition) is 2. The Morgan fingerprint density at radius 3 is 2.60 bits per heavy atom. The fourth-order valence-corrected chi connectivity index (χ4v) is 0.909. The Kier molecular flexibility index (Phi) is 2.09. The summed E-state index contributed by atoms with van der Waals surface area (Å²) in [5.74, 6) is 0. The van der Waals surface area contributed by atoms with Crippen molar-refractivity contribution < 1.29 is 9.68 Å². The molecule has 0 atom stereocenters. The third kappa shape index (κ3) is 1.06. The van der Waals surface area contributed by atoms with Gasteiger partial charge in [0.2, 0.25) is 0 Å². The van der Waals surface area contributed by atoms with E-state index in [0.29, 0.717) is 6.61 Å². The molecule has 1 aliphatic rings. The second kappa shape index (κ2) is 2.86. The molecule has 1 rings (SSSR count). The van der Waals surface area contributed by atoms with Crippen LogP contribution in [0.15, 0.2) is 36.4 Å². The monoisotopic (exact) mass is 136 g/mol. The zero-order valence-corrected chi connectivity index (χ0v) is 5.71. The van der Waals surface area contributed by atoms with Crippen LogP contribution < -0.4 is 0 Å². The molecule has 1 aliphatic heterocycles. The molecular formula is C7H9BO2. The van der Waals surface area contributed by atoms with E-state index < -0.39 is 7.12 Å². The molecule has 0 bridgehead atoms. The SMILES string of the molecule is C=CC1=C(C=C)B(O)OC1. The van der Waals surface area contributed by atoms with E-state index in [9.17, 15) is 0 Å². The Hall–Kier alpha value is -0.795. The Labute approximate surface area is 60.7 Å². The van der Waals surface area contributed by atoms with Gasteiger partial charge >= 0.3 is 7.12 Å². The highest BCUT2D eigenvalue weighted by Crippen LogP contribution is 2.17. The zero-order valence-electron chi connectivity index (χ0n) is 5.71. The molecule has 10 heavy (non-hydrogen) atoms. The fourth-order valence-electron chi connectivity index (χ4n) is 0.909. The summed E-state index contributed by atoms with van der Waals surface area (Å²) >= 11 is 0. The highest BCUT2D eigenvalue weighted by molar-refractivity contribution is 6.54. The van der Waals surface area contributed by atoms with Gasteiger partial charge in [-0.05, 0) is 11.0 Å². The minimum atomic E-state index is -0.800. The summed E-state index contributed by atoms with van der Waals surface area (Å²) in [4.78, 5) is 0. The van der Waals surface area contributed by atoms with Crippen molar-refractivity contribution in [2.24, 2.45) is 0 Å². The number of rotatable bonds is 2. The van der Waals surface area contributed by atoms with Crippen molar-refractivity contribution in [3.8, 4) is 0 Å². The third-order valence-corrected chi connectivity index (χ3v) is 1.50. The molecule has 0 aromatic heterocycles. The van der Waals surface area contributed by atoms with Gasteiger partial charge < -0.3 is 9.68 Å². The molecule has 0 aromatic carbocycles. The van der Waals surface area contributed by atoms with Crippen LogP contribution in [0.2, 0.25) is 0 Å². The van der Waals surface area contributed by atoms with Crippen LogP contribution in [0.1, 0.15) is 0 Å². The first-order valence-electron chi connectivity index (χ1n) is 3.07. The van der Waals surface area contributed by atoms with Crippen LogP contribution in [0.4, 0.5) is 0 Å². The molecule has 0 unspecified atom stereocenters. The van der Waals surface area contributed by atoms with Gasteiger partial charge in [0.1, 0.15) is 0 Å². The zero-order chi connectivity index (χ0) is 7.56. The molecule has 0 saturated carbocycles. The van der Waals surface area contributed by atoms with E-state index in [1.54, 1.807) is 12.2 Å². The van der Waals surface area contributed by atoms with Crippen LogP contribution in [0.3, 0.4) is 0 Å². The summed E-state index contributed by atoms with van der Waals surface area (Å²) in [6.45, 7) is 7.56. The van der Waals surface area contributed by atoms with Crippen LogP contribution in [-0.2, 0) is 4.65 Å². The van der Waals surface area contributed by atoms with Crippen molar-refractivity contribution in [2.75, 3.05) is 6.61 Å². The van der Waals surface area contributed by atoms with Gasteiger partial charge in [0.15, 0.2) is 0 Å². The molecule has 1 N–H and O–H groups in total. The summed E-state index contributed by atoms with van der Waals surface area (Å²) in [6.07, 6.45) is 3.27. The van der Waals surface area contributed by atoms with Crippen molar-refractivity contribution in [1.29, 1.82) is 0 Å². The summed E-state index contributed by atoms with van der Waals surface area (Å²) in [5, 5.41) is 9.09. The largest absolute Gasteiger partial charge is 0.491 e. The quantitative estimate of drug-likeness (QED) is 0.566. The fraction of sp³-hybridized carbons (Fsp3) is 0.143. The summed E-state index contributed by atoms with van der Waals surface area (Å²) < 4.78 is 4.90. The predicted molar refractivity (Wildman–Crippen MR) is 41.3 cm³/mol. The van der Waals surface area contributed by atoms with Crippen molar-refractivity contribution in [3.05, 3.63) is 36.4 Å². The molecule has 0 aromatic rings. The molecule has 0 radical (unpaired) electrons. The molecule has 52 valence electrons. The first-order chi connectivity index (χ1) is 4.79. The Morgan fingerprint density at radius 1 is 1.50 bits per heavy atom. The minimum Gasteiger partial charge on any atom is -0.423 e. The molecule has 0 fully saturated rings. The maximum atomic E-state index is 9.09. The highest BCUT2D eigenvalue weighted by atomic mass is 16.5. The van der Waals surface area contributed by atoms with Crippen LogP contribution >= 0.6 is 0 Å². The van der Waals surface area contributed by atoms with Gasteiger partial charge in [-0.25, -0.2) is 0 Å².